The van der Waals surface area contributed by atoms with Gasteiger partial charge in [-0.25, -0.2) is 8.42 Å². The largest absolute Gasteiger partial charge is 0.497 e. The number of rotatable bonds is 9. The topological polar surface area (TPSA) is 117 Å². The second-order valence-corrected chi connectivity index (χ2v) is 8.65. The number of nitrogens with zero attached hydrogens (tertiary/aromatic N) is 5. The molecule has 0 spiro atoms. The van der Waals surface area contributed by atoms with E-state index in [9.17, 15) is 13.2 Å². The number of hydroxylamine groups is 2. The van der Waals surface area contributed by atoms with Gasteiger partial charge in [-0.2, -0.15) is 4.80 Å². The van der Waals surface area contributed by atoms with Crippen LogP contribution in [0.1, 0.15) is 17.8 Å². The molecule has 1 aromatic heterocycles. The summed E-state index contributed by atoms with van der Waals surface area (Å²) in [7, 11) is 0.956. The molecule has 0 fully saturated rings. The maximum Gasteiger partial charge on any atom is 0.325 e. The quantitative estimate of drug-likeness (QED) is 0.452. The average Bonchev–Trinajstić information content (AvgIpc) is 3.17. The number of carbonyl (C=O) groups excluding carboxylic acids is 1. The zero-order chi connectivity index (χ0) is 22.4. The predicted octanol–water partition coefficient (Wildman–Crippen LogP) is 1.57. The molecular weight excluding hydrogens is 422 g/mol. The van der Waals surface area contributed by atoms with Gasteiger partial charge in [-0.3, -0.25) is 4.79 Å². The number of hydrogen-bond acceptors (Lipinski definition) is 9. The van der Waals surface area contributed by atoms with Gasteiger partial charge in [-0.15, -0.1) is 15.3 Å². The summed E-state index contributed by atoms with van der Waals surface area (Å²) in [6.07, 6.45) is 0.366. The van der Waals surface area contributed by atoms with Crippen molar-refractivity contribution in [2.45, 2.75) is 29.2 Å². The Labute approximate surface area is 180 Å². The second-order valence-electron chi connectivity index (χ2n) is 6.73. The molecule has 0 N–H and O–H groups in total. The Morgan fingerprint density at radius 1 is 1.13 bits per heavy atom. The van der Waals surface area contributed by atoms with Crippen molar-refractivity contribution in [1.82, 2.24) is 25.3 Å². The first-order chi connectivity index (χ1) is 14.8. The highest BCUT2D eigenvalue weighted by Crippen LogP contribution is 2.26. The van der Waals surface area contributed by atoms with Crippen LogP contribution in [0.4, 0.5) is 0 Å². The van der Waals surface area contributed by atoms with Crippen LogP contribution in [0, 0.1) is 0 Å². The molecule has 0 saturated carbocycles. The Morgan fingerprint density at radius 2 is 1.84 bits per heavy atom. The zero-order valence-corrected chi connectivity index (χ0v) is 18.2. The van der Waals surface area contributed by atoms with Gasteiger partial charge in [0.1, 0.15) is 5.75 Å². The minimum Gasteiger partial charge on any atom is -0.497 e. The number of methoxy groups -OCH3 is 1. The summed E-state index contributed by atoms with van der Waals surface area (Å²) < 4.78 is 31.3. The number of aromatic nitrogens is 4. The standard InChI is InChI=1S/C20H23N5O5S/c1-24(30-20(26)13-12-19-21-23-25(2)22-19)14-15-6-4-5-7-18(15)31(27,28)17-10-8-16(29-3)9-11-17/h4-11H,12-14H2,1-3H3. The highest BCUT2D eigenvalue weighted by Gasteiger charge is 2.22. The van der Waals surface area contributed by atoms with Crippen LogP contribution >= 0.6 is 0 Å². The third kappa shape index (κ3) is 5.64. The fourth-order valence-electron chi connectivity index (χ4n) is 2.91. The molecular formula is C20H23N5O5S. The molecule has 31 heavy (non-hydrogen) atoms. The first kappa shape index (κ1) is 22.4. The molecule has 10 nitrogen and oxygen atoms in total. The summed E-state index contributed by atoms with van der Waals surface area (Å²) in [5.74, 6) is 0.527. The van der Waals surface area contributed by atoms with Crippen molar-refractivity contribution in [3.05, 3.63) is 59.9 Å². The van der Waals surface area contributed by atoms with Crippen LogP contribution < -0.4 is 4.74 Å². The second kappa shape index (κ2) is 9.67. The highest BCUT2D eigenvalue weighted by molar-refractivity contribution is 7.91. The Kier molecular flexibility index (Phi) is 6.98. The van der Waals surface area contributed by atoms with Gasteiger partial charge in [0, 0.05) is 13.5 Å². The maximum absolute atomic E-state index is 13.1. The van der Waals surface area contributed by atoms with Crippen LogP contribution in [-0.2, 0) is 39.5 Å². The lowest BCUT2D eigenvalue weighted by atomic mass is 10.2. The highest BCUT2D eigenvalue weighted by atomic mass is 32.2. The first-order valence-electron chi connectivity index (χ1n) is 9.41. The monoisotopic (exact) mass is 445 g/mol. The van der Waals surface area contributed by atoms with Gasteiger partial charge in [-0.05, 0) is 41.1 Å². The molecule has 3 rings (SSSR count). The van der Waals surface area contributed by atoms with E-state index in [1.54, 1.807) is 44.4 Å². The van der Waals surface area contributed by atoms with E-state index in [1.807, 2.05) is 0 Å². The van der Waals surface area contributed by atoms with Crippen molar-refractivity contribution in [2.24, 2.45) is 7.05 Å². The lowest BCUT2D eigenvalue weighted by Gasteiger charge is -2.18. The van der Waals surface area contributed by atoms with Gasteiger partial charge in [0.15, 0.2) is 5.82 Å². The smallest absolute Gasteiger partial charge is 0.325 e. The van der Waals surface area contributed by atoms with Gasteiger partial charge < -0.3 is 9.57 Å². The number of hydrogen-bond donors (Lipinski definition) is 0. The third-order valence-corrected chi connectivity index (χ3v) is 6.26. The average molecular weight is 446 g/mol. The van der Waals surface area contributed by atoms with Gasteiger partial charge in [0.05, 0.1) is 36.9 Å². The van der Waals surface area contributed by atoms with Crippen molar-refractivity contribution in [1.29, 1.82) is 0 Å². The molecule has 0 bridgehead atoms. The van der Waals surface area contributed by atoms with E-state index in [0.717, 1.165) is 0 Å². The SMILES string of the molecule is COc1ccc(S(=O)(=O)c2ccccc2CN(C)OC(=O)CCc2nnn(C)n2)cc1. The summed E-state index contributed by atoms with van der Waals surface area (Å²) in [5.41, 5.74) is 0.504. The predicted molar refractivity (Wildman–Crippen MR) is 110 cm³/mol. The molecule has 0 amide bonds. The molecule has 3 aromatic rings. The fraction of sp³-hybridized carbons (Fsp3) is 0.300. The molecule has 1 heterocycles. The van der Waals surface area contributed by atoms with E-state index in [1.165, 1.54) is 35.2 Å². The molecule has 0 aliphatic heterocycles. The Hall–Kier alpha value is -3.31. The van der Waals surface area contributed by atoms with Crippen molar-refractivity contribution in [2.75, 3.05) is 14.2 Å². The van der Waals surface area contributed by atoms with Crippen LogP contribution in [0.2, 0.25) is 0 Å². The Bertz CT molecular complexity index is 1140. The van der Waals surface area contributed by atoms with Gasteiger partial charge >= 0.3 is 5.97 Å². The Morgan fingerprint density at radius 3 is 2.48 bits per heavy atom. The minimum absolute atomic E-state index is 0.0713. The van der Waals surface area contributed by atoms with Crippen molar-refractivity contribution in [3.8, 4) is 5.75 Å². The summed E-state index contributed by atoms with van der Waals surface area (Å²) in [5, 5.41) is 12.8. The summed E-state index contributed by atoms with van der Waals surface area (Å²) in [6, 6.07) is 12.8. The summed E-state index contributed by atoms with van der Waals surface area (Å²) >= 11 is 0. The molecule has 0 radical (unpaired) electrons. The van der Waals surface area contributed by atoms with Crippen molar-refractivity contribution in [3.63, 3.8) is 0 Å². The molecule has 0 unspecified atom stereocenters. The number of carbonyl (C=O) groups is 1. The zero-order valence-electron chi connectivity index (χ0n) is 17.4. The number of benzene rings is 2. The van der Waals surface area contributed by atoms with Crippen LogP contribution in [0.15, 0.2) is 58.3 Å². The molecule has 0 saturated heterocycles. The third-order valence-electron chi connectivity index (χ3n) is 4.39. The fourth-order valence-corrected chi connectivity index (χ4v) is 4.39. The van der Waals surface area contributed by atoms with Crippen LogP contribution in [0.3, 0.4) is 0 Å². The Balaban J connectivity index is 1.68. The number of ether oxygens (including phenoxy) is 1. The maximum atomic E-state index is 13.1. The first-order valence-corrected chi connectivity index (χ1v) is 10.9. The number of aryl methyl sites for hydroxylation is 2. The lowest BCUT2D eigenvalue weighted by Crippen LogP contribution is -2.24. The summed E-state index contributed by atoms with van der Waals surface area (Å²) in [6.45, 7) is 0.0979. The van der Waals surface area contributed by atoms with Crippen molar-refractivity contribution < 1.29 is 22.8 Å². The molecule has 0 aliphatic rings. The van der Waals surface area contributed by atoms with E-state index >= 15 is 0 Å². The van der Waals surface area contributed by atoms with Gasteiger partial charge in [-0.1, -0.05) is 18.2 Å². The van der Waals surface area contributed by atoms with Crippen LogP contribution in [0.25, 0.3) is 0 Å². The van der Waals surface area contributed by atoms with E-state index in [0.29, 0.717) is 23.6 Å². The number of tetrazole rings is 1. The minimum atomic E-state index is -3.76. The molecule has 0 aliphatic carbocycles. The molecule has 11 heteroatoms. The molecule has 2 aromatic carbocycles. The van der Waals surface area contributed by atoms with Crippen LogP contribution in [0.5, 0.6) is 5.75 Å². The number of sulfone groups is 1. The van der Waals surface area contributed by atoms with Gasteiger partial charge in [0.25, 0.3) is 0 Å². The molecule has 164 valence electrons. The van der Waals surface area contributed by atoms with E-state index < -0.39 is 15.8 Å². The normalized spacial score (nSPS) is 11.5. The van der Waals surface area contributed by atoms with Crippen molar-refractivity contribution >= 4 is 15.8 Å². The van der Waals surface area contributed by atoms with E-state index in [-0.39, 0.29) is 22.8 Å². The summed E-state index contributed by atoms with van der Waals surface area (Å²) in [4.78, 5) is 19.0. The lowest BCUT2D eigenvalue weighted by molar-refractivity contribution is -0.186. The van der Waals surface area contributed by atoms with E-state index in [2.05, 4.69) is 15.4 Å². The molecule has 0 atom stereocenters. The van der Waals surface area contributed by atoms with Crippen LogP contribution in [-0.4, -0.2) is 53.8 Å². The van der Waals surface area contributed by atoms with Gasteiger partial charge in [0.2, 0.25) is 9.84 Å². The van der Waals surface area contributed by atoms with E-state index in [4.69, 9.17) is 9.57 Å².